The van der Waals surface area contributed by atoms with Gasteiger partial charge in [0.05, 0.1) is 26.2 Å². The summed E-state index contributed by atoms with van der Waals surface area (Å²) in [6.45, 7) is 11.8. The van der Waals surface area contributed by atoms with Crippen LogP contribution in [0.3, 0.4) is 0 Å². The second-order valence-corrected chi connectivity index (χ2v) is 8.41. The van der Waals surface area contributed by atoms with Crippen LogP contribution in [0.4, 0.5) is 0 Å². The van der Waals surface area contributed by atoms with Crippen molar-refractivity contribution in [2.75, 3.05) is 19.6 Å². The van der Waals surface area contributed by atoms with Crippen LogP contribution in [0.25, 0.3) is 16.9 Å². The van der Waals surface area contributed by atoms with Crippen LogP contribution in [-0.2, 0) is 13.6 Å². The molecule has 3 aromatic rings. The van der Waals surface area contributed by atoms with Gasteiger partial charge in [0.15, 0.2) is 11.2 Å². The maximum absolute atomic E-state index is 13.4. The summed E-state index contributed by atoms with van der Waals surface area (Å²) in [7, 11) is 1.71. The topological polar surface area (TPSA) is 70.7 Å². The van der Waals surface area contributed by atoms with Crippen molar-refractivity contribution >= 4 is 16.9 Å². The van der Waals surface area contributed by atoms with Gasteiger partial charge in [-0.25, -0.2) is 4.79 Å². The van der Waals surface area contributed by atoms with Gasteiger partial charge in [0.1, 0.15) is 0 Å². The van der Waals surface area contributed by atoms with E-state index in [2.05, 4.69) is 25.3 Å². The van der Waals surface area contributed by atoms with Crippen molar-refractivity contribution in [2.24, 2.45) is 7.05 Å². The molecule has 4 heterocycles. The quantitative estimate of drug-likeness (QED) is 0.705. The van der Waals surface area contributed by atoms with Gasteiger partial charge in [-0.3, -0.25) is 18.3 Å². The van der Waals surface area contributed by atoms with E-state index in [1.165, 1.54) is 33.3 Å². The van der Waals surface area contributed by atoms with Crippen molar-refractivity contribution in [1.29, 1.82) is 0 Å². The summed E-state index contributed by atoms with van der Waals surface area (Å²) in [5, 5.41) is 0. The largest absolute Gasteiger partial charge is 0.333 e. The van der Waals surface area contributed by atoms with Gasteiger partial charge in [0.2, 0.25) is 5.78 Å². The number of nitrogens with one attached hydrogen (secondary N) is 1. The summed E-state index contributed by atoms with van der Waals surface area (Å²) in [5.74, 6) is 0.728. The number of rotatable bonds is 4. The maximum Gasteiger partial charge on any atom is 0.332 e. The average molecular weight is 388 g/mol. The zero-order chi connectivity index (χ0) is 20.2. The molecule has 8 heteroatoms. The van der Waals surface area contributed by atoms with Gasteiger partial charge in [-0.2, -0.15) is 4.98 Å². The molecule has 0 radical (unpaired) electrons. The molecular weight excluding hydrogens is 356 g/mol. The molecule has 0 spiro atoms. The molecule has 3 aromatic heterocycles. The van der Waals surface area contributed by atoms with E-state index < -0.39 is 0 Å². The van der Waals surface area contributed by atoms with E-state index >= 15 is 0 Å². The number of quaternary nitrogens is 1. The summed E-state index contributed by atoms with van der Waals surface area (Å²) < 4.78 is 6.98. The Kier molecular flexibility index (Phi) is 4.69. The fourth-order valence-electron chi connectivity index (χ4n) is 4.66. The second-order valence-electron chi connectivity index (χ2n) is 8.41. The fraction of sp³-hybridized carbons (Fsp3) is 0.650. The molecule has 0 saturated carbocycles. The van der Waals surface area contributed by atoms with Crippen LogP contribution in [0.2, 0.25) is 0 Å². The van der Waals surface area contributed by atoms with Crippen LogP contribution in [0.5, 0.6) is 0 Å². The first kappa shape index (κ1) is 19.0. The molecule has 1 saturated heterocycles. The molecule has 1 fully saturated rings. The minimum atomic E-state index is -0.278. The van der Waals surface area contributed by atoms with Gasteiger partial charge in [0.25, 0.3) is 5.56 Å². The van der Waals surface area contributed by atoms with E-state index in [4.69, 9.17) is 4.98 Å². The molecule has 1 aliphatic rings. The van der Waals surface area contributed by atoms with Crippen molar-refractivity contribution in [1.82, 2.24) is 23.1 Å². The number of likely N-dealkylation sites (tertiary alicyclic amines) is 1. The highest BCUT2D eigenvalue weighted by Gasteiger charge is 2.24. The summed E-state index contributed by atoms with van der Waals surface area (Å²) in [5.41, 5.74) is 2.55. The lowest BCUT2D eigenvalue weighted by Gasteiger charge is -2.23. The number of nitrogens with zero attached hydrogens (tertiary/aromatic N) is 5. The summed E-state index contributed by atoms with van der Waals surface area (Å²) in [6.07, 6.45) is 3.74. The van der Waals surface area contributed by atoms with Gasteiger partial charge in [-0.15, -0.1) is 0 Å². The Hall–Kier alpha value is -2.35. The van der Waals surface area contributed by atoms with Crippen molar-refractivity contribution in [2.45, 2.75) is 59.5 Å². The van der Waals surface area contributed by atoms with E-state index in [0.29, 0.717) is 17.7 Å². The lowest BCUT2D eigenvalue weighted by atomic mass is 10.1. The molecule has 0 unspecified atom stereocenters. The molecule has 152 valence electrons. The van der Waals surface area contributed by atoms with E-state index in [-0.39, 0.29) is 17.3 Å². The number of hydrogen-bond donors (Lipinski definition) is 1. The summed E-state index contributed by atoms with van der Waals surface area (Å²) in [6, 6.07) is 0.218. The fourth-order valence-corrected chi connectivity index (χ4v) is 4.66. The smallest absolute Gasteiger partial charge is 0.332 e. The standard InChI is InChI=1S/C20H30N6O2/c1-13(2)25-14(3)15(4)26-16-17(21-19(25)26)22(5)20(28)24(18(16)27)12-11-23-9-7-6-8-10-23/h13H,6-12H2,1-5H3/p+1. The zero-order valence-corrected chi connectivity index (χ0v) is 17.6. The highest BCUT2D eigenvalue weighted by molar-refractivity contribution is 5.76. The van der Waals surface area contributed by atoms with Crippen LogP contribution in [-0.4, -0.2) is 42.7 Å². The highest BCUT2D eigenvalue weighted by atomic mass is 16.2. The van der Waals surface area contributed by atoms with Crippen molar-refractivity contribution < 1.29 is 4.90 Å². The Morgan fingerprint density at radius 1 is 1.07 bits per heavy atom. The molecule has 1 N–H and O–H groups in total. The Morgan fingerprint density at radius 3 is 2.39 bits per heavy atom. The number of aryl methyl sites for hydroxylation is 2. The van der Waals surface area contributed by atoms with Crippen LogP contribution in [0.1, 0.15) is 50.5 Å². The number of aromatic nitrogens is 5. The molecule has 8 nitrogen and oxygen atoms in total. The first-order chi connectivity index (χ1) is 13.3. The number of imidazole rings is 2. The molecule has 0 amide bonds. The molecular formula is C20H31N6O2+. The number of piperidine rings is 1. The third-order valence-corrected chi connectivity index (χ3v) is 6.33. The molecule has 0 atom stereocenters. The second kappa shape index (κ2) is 6.92. The average Bonchev–Trinajstić information content (AvgIpc) is 3.16. The Bertz CT molecular complexity index is 1150. The number of fused-ring (bicyclic) bond motifs is 3. The van der Waals surface area contributed by atoms with Gasteiger partial charge >= 0.3 is 5.69 Å². The Morgan fingerprint density at radius 2 is 1.75 bits per heavy atom. The third kappa shape index (κ3) is 2.73. The van der Waals surface area contributed by atoms with Crippen molar-refractivity contribution in [3.05, 3.63) is 32.2 Å². The highest BCUT2D eigenvalue weighted by Crippen LogP contribution is 2.23. The molecule has 1 aliphatic heterocycles. The predicted molar refractivity (Wildman–Crippen MR) is 109 cm³/mol. The van der Waals surface area contributed by atoms with Gasteiger partial charge in [-0.05, 0) is 47.0 Å². The van der Waals surface area contributed by atoms with Gasteiger partial charge < -0.3 is 9.47 Å². The number of hydrogen-bond acceptors (Lipinski definition) is 3. The summed E-state index contributed by atoms with van der Waals surface area (Å²) >= 11 is 0. The monoisotopic (exact) mass is 387 g/mol. The normalized spacial score (nSPS) is 16.1. The zero-order valence-electron chi connectivity index (χ0n) is 17.6. The Balaban J connectivity index is 1.90. The van der Waals surface area contributed by atoms with Crippen LogP contribution < -0.4 is 16.1 Å². The minimum absolute atomic E-state index is 0.218. The third-order valence-electron chi connectivity index (χ3n) is 6.33. The van der Waals surface area contributed by atoms with E-state index in [1.54, 1.807) is 7.05 Å². The lowest BCUT2D eigenvalue weighted by Crippen LogP contribution is -3.13. The van der Waals surface area contributed by atoms with Crippen LogP contribution in [0.15, 0.2) is 9.59 Å². The molecule has 28 heavy (non-hydrogen) atoms. The first-order valence-corrected chi connectivity index (χ1v) is 10.4. The van der Waals surface area contributed by atoms with Gasteiger partial charge in [0, 0.05) is 24.5 Å². The molecule has 0 aromatic carbocycles. The SMILES string of the molecule is Cc1c(C)n2c3c(=O)n(CC[NH+]4CCCCC4)c(=O)n(C)c3nc2n1C(C)C. The van der Waals surface area contributed by atoms with Crippen molar-refractivity contribution in [3.63, 3.8) is 0 Å². The molecule has 0 aliphatic carbocycles. The molecule has 4 rings (SSSR count). The van der Waals surface area contributed by atoms with E-state index in [9.17, 15) is 9.59 Å². The predicted octanol–water partition coefficient (Wildman–Crippen LogP) is 0.416. The lowest BCUT2D eigenvalue weighted by molar-refractivity contribution is -0.905. The Labute approximate surface area is 164 Å². The maximum atomic E-state index is 13.4. The van der Waals surface area contributed by atoms with E-state index in [1.807, 2.05) is 11.3 Å². The van der Waals surface area contributed by atoms with E-state index in [0.717, 1.165) is 36.8 Å². The molecule has 0 bridgehead atoms. The summed E-state index contributed by atoms with van der Waals surface area (Å²) in [4.78, 5) is 32.5. The minimum Gasteiger partial charge on any atom is -0.333 e. The van der Waals surface area contributed by atoms with Crippen LogP contribution >= 0.6 is 0 Å². The van der Waals surface area contributed by atoms with Gasteiger partial charge in [-0.1, -0.05) is 0 Å². The van der Waals surface area contributed by atoms with Crippen molar-refractivity contribution in [3.8, 4) is 0 Å². The first-order valence-electron chi connectivity index (χ1n) is 10.4. The van der Waals surface area contributed by atoms with Crippen LogP contribution in [0, 0.1) is 13.8 Å².